The molecule has 1 spiro atoms. The topological polar surface area (TPSA) is 33.6 Å². The van der Waals surface area contributed by atoms with Crippen molar-refractivity contribution in [1.82, 2.24) is 0 Å². The van der Waals surface area contributed by atoms with Crippen LogP contribution in [0.5, 0.6) is 0 Å². The summed E-state index contributed by atoms with van der Waals surface area (Å²) in [7, 11) is 0. The maximum Gasteiger partial charge on any atom is 0.163 e. The van der Waals surface area contributed by atoms with E-state index >= 15 is 0 Å². The van der Waals surface area contributed by atoms with Crippen molar-refractivity contribution in [3.05, 3.63) is 30.3 Å². The SMILES string of the molecule is c1ccc(NC2=N[C@]3(CCCCO3)CCS2)cc1. The van der Waals surface area contributed by atoms with Crippen LogP contribution in [0.2, 0.25) is 0 Å². The smallest absolute Gasteiger partial charge is 0.163 e. The van der Waals surface area contributed by atoms with Gasteiger partial charge < -0.3 is 10.1 Å². The van der Waals surface area contributed by atoms with E-state index in [2.05, 4.69) is 17.4 Å². The summed E-state index contributed by atoms with van der Waals surface area (Å²) in [6.45, 7) is 0.854. The van der Waals surface area contributed by atoms with Gasteiger partial charge in [0.25, 0.3) is 0 Å². The number of para-hydroxylation sites is 1. The van der Waals surface area contributed by atoms with E-state index in [-0.39, 0.29) is 5.72 Å². The third kappa shape index (κ3) is 2.70. The van der Waals surface area contributed by atoms with Crippen LogP contribution in [0.15, 0.2) is 35.3 Å². The highest BCUT2D eigenvalue weighted by molar-refractivity contribution is 8.14. The maximum atomic E-state index is 5.93. The standard InChI is InChI=1S/C14H18N2OS/c1-2-6-12(7-3-1)15-13-16-14(9-11-18-13)8-4-5-10-17-14/h1-3,6-7H,4-5,8-11H2,(H,15,16)/t14-/m0/s1. The summed E-state index contributed by atoms with van der Waals surface area (Å²) in [4.78, 5) is 4.81. The number of benzene rings is 1. The van der Waals surface area contributed by atoms with Crippen molar-refractivity contribution in [2.75, 3.05) is 17.7 Å². The fourth-order valence-corrected chi connectivity index (χ4v) is 3.45. The molecule has 2 aliphatic heterocycles. The Labute approximate surface area is 112 Å². The van der Waals surface area contributed by atoms with Gasteiger partial charge in [-0.3, -0.25) is 0 Å². The molecule has 0 unspecified atom stereocenters. The zero-order valence-corrected chi connectivity index (χ0v) is 11.2. The van der Waals surface area contributed by atoms with Crippen LogP contribution in [-0.2, 0) is 4.74 Å². The molecule has 96 valence electrons. The molecule has 0 amide bonds. The predicted molar refractivity (Wildman–Crippen MR) is 77.1 cm³/mol. The van der Waals surface area contributed by atoms with Crippen molar-refractivity contribution >= 4 is 22.6 Å². The molecule has 1 fully saturated rings. The Morgan fingerprint density at radius 2 is 2.06 bits per heavy atom. The fourth-order valence-electron chi connectivity index (χ4n) is 2.41. The van der Waals surface area contributed by atoms with Gasteiger partial charge in [0.1, 0.15) is 0 Å². The van der Waals surface area contributed by atoms with E-state index in [1.807, 2.05) is 18.2 Å². The number of aliphatic imine (C=N–C) groups is 1. The molecule has 0 bridgehead atoms. The summed E-state index contributed by atoms with van der Waals surface area (Å²) in [5.41, 5.74) is 0.859. The van der Waals surface area contributed by atoms with Gasteiger partial charge in [-0.15, -0.1) is 0 Å². The molecule has 2 aliphatic rings. The Morgan fingerprint density at radius 1 is 1.17 bits per heavy atom. The fraction of sp³-hybridized carbons (Fsp3) is 0.500. The largest absolute Gasteiger partial charge is 0.354 e. The molecule has 3 nitrogen and oxygen atoms in total. The zero-order valence-electron chi connectivity index (χ0n) is 10.4. The molecule has 0 aromatic heterocycles. The van der Waals surface area contributed by atoms with Crippen LogP contribution >= 0.6 is 11.8 Å². The summed E-state index contributed by atoms with van der Waals surface area (Å²) in [6.07, 6.45) is 4.50. The van der Waals surface area contributed by atoms with Crippen molar-refractivity contribution in [3.8, 4) is 0 Å². The first kappa shape index (κ1) is 12.1. The van der Waals surface area contributed by atoms with E-state index in [4.69, 9.17) is 9.73 Å². The van der Waals surface area contributed by atoms with Crippen LogP contribution in [0.25, 0.3) is 0 Å². The van der Waals surface area contributed by atoms with Gasteiger partial charge >= 0.3 is 0 Å². The highest BCUT2D eigenvalue weighted by Gasteiger charge is 2.35. The van der Waals surface area contributed by atoms with Crippen molar-refractivity contribution in [2.45, 2.75) is 31.4 Å². The molecule has 18 heavy (non-hydrogen) atoms. The van der Waals surface area contributed by atoms with Crippen LogP contribution < -0.4 is 5.32 Å². The maximum absolute atomic E-state index is 5.93. The second kappa shape index (κ2) is 5.33. The third-order valence-corrected chi connectivity index (χ3v) is 4.27. The van der Waals surface area contributed by atoms with Crippen LogP contribution in [-0.4, -0.2) is 23.3 Å². The predicted octanol–water partition coefficient (Wildman–Crippen LogP) is 3.49. The number of anilines is 1. The van der Waals surface area contributed by atoms with Gasteiger partial charge in [0.05, 0.1) is 0 Å². The van der Waals surface area contributed by atoms with Crippen molar-refractivity contribution in [2.24, 2.45) is 4.99 Å². The number of thioether (sulfide) groups is 1. The highest BCUT2D eigenvalue weighted by Crippen LogP contribution is 2.35. The number of hydrogen-bond acceptors (Lipinski definition) is 4. The molecule has 1 saturated heterocycles. The lowest BCUT2D eigenvalue weighted by Gasteiger charge is -2.36. The molecule has 2 heterocycles. The van der Waals surface area contributed by atoms with Crippen LogP contribution in [0.4, 0.5) is 5.69 Å². The first-order valence-electron chi connectivity index (χ1n) is 6.55. The lowest BCUT2D eigenvalue weighted by atomic mass is 10.0. The van der Waals surface area contributed by atoms with Crippen molar-refractivity contribution in [1.29, 1.82) is 0 Å². The molecule has 4 heteroatoms. The summed E-state index contributed by atoms with van der Waals surface area (Å²) < 4.78 is 5.93. The van der Waals surface area contributed by atoms with E-state index in [9.17, 15) is 0 Å². The number of amidine groups is 1. The number of hydrogen-bond donors (Lipinski definition) is 1. The zero-order chi connectivity index (χ0) is 12.3. The second-order valence-corrected chi connectivity index (χ2v) is 5.84. The van der Waals surface area contributed by atoms with Gasteiger partial charge in [0.2, 0.25) is 0 Å². The minimum Gasteiger partial charge on any atom is -0.354 e. The number of nitrogens with one attached hydrogen (secondary N) is 1. The van der Waals surface area contributed by atoms with Crippen LogP contribution in [0.1, 0.15) is 25.7 Å². The lowest BCUT2D eigenvalue weighted by Crippen LogP contribution is -2.39. The molecule has 1 aromatic carbocycles. The van der Waals surface area contributed by atoms with E-state index in [0.717, 1.165) is 36.1 Å². The normalized spacial score (nSPS) is 27.9. The van der Waals surface area contributed by atoms with Gasteiger partial charge in [-0.2, -0.15) is 0 Å². The molecular formula is C14H18N2OS. The van der Waals surface area contributed by atoms with Gasteiger partial charge in [0.15, 0.2) is 10.9 Å². The monoisotopic (exact) mass is 262 g/mol. The Kier molecular flexibility index (Phi) is 3.57. The summed E-state index contributed by atoms with van der Waals surface area (Å²) in [5, 5.41) is 4.38. The highest BCUT2D eigenvalue weighted by atomic mass is 32.2. The van der Waals surface area contributed by atoms with Gasteiger partial charge in [-0.05, 0) is 31.4 Å². The minimum absolute atomic E-state index is 0.236. The van der Waals surface area contributed by atoms with Gasteiger partial charge in [0, 0.05) is 24.5 Å². The van der Waals surface area contributed by atoms with E-state index < -0.39 is 0 Å². The van der Waals surface area contributed by atoms with E-state index in [1.165, 1.54) is 12.8 Å². The molecule has 3 rings (SSSR count). The first-order chi connectivity index (χ1) is 8.86. The van der Waals surface area contributed by atoms with E-state index in [0.29, 0.717) is 0 Å². The van der Waals surface area contributed by atoms with Gasteiger partial charge in [-0.25, -0.2) is 4.99 Å². The molecule has 0 saturated carbocycles. The summed E-state index contributed by atoms with van der Waals surface area (Å²) in [6, 6.07) is 10.2. The quantitative estimate of drug-likeness (QED) is 0.841. The molecule has 1 N–H and O–H groups in total. The van der Waals surface area contributed by atoms with Crippen molar-refractivity contribution in [3.63, 3.8) is 0 Å². The average Bonchev–Trinajstić information content (AvgIpc) is 2.41. The van der Waals surface area contributed by atoms with Crippen LogP contribution in [0, 0.1) is 0 Å². The number of rotatable bonds is 1. The summed E-state index contributed by atoms with van der Waals surface area (Å²) >= 11 is 1.78. The Bertz CT molecular complexity index is 427. The Morgan fingerprint density at radius 3 is 2.83 bits per heavy atom. The third-order valence-electron chi connectivity index (χ3n) is 3.39. The first-order valence-corrected chi connectivity index (χ1v) is 7.54. The summed E-state index contributed by atoms with van der Waals surface area (Å²) in [5.74, 6) is 1.08. The number of ether oxygens (including phenoxy) is 1. The average molecular weight is 262 g/mol. The molecule has 1 atom stereocenters. The van der Waals surface area contributed by atoms with Gasteiger partial charge in [-0.1, -0.05) is 30.0 Å². The number of nitrogens with zero attached hydrogens (tertiary/aromatic N) is 1. The second-order valence-electron chi connectivity index (χ2n) is 4.76. The molecule has 1 aromatic rings. The minimum atomic E-state index is -0.236. The van der Waals surface area contributed by atoms with E-state index in [1.54, 1.807) is 11.8 Å². The Hall–Kier alpha value is -1.00. The van der Waals surface area contributed by atoms with Crippen molar-refractivity contribution < 1.29 is 4.74 Å². The lowest BCUT2D eigenvalue weighted by molar-refractivity contribution is -0.0736. The molecule has 0 aliphatic carbocycles. The molecule has 0 radical (unpaired) electrons. The van der Waals surface area contributed by atoms with Crippen LogP contribution in [0.3, 0.4) is 0 Å². The Balaban J connectivity index is 1.75. The molecular weight excluding hydrogens is 244 g/mol.